The van der Waals surface area contributed by atoms with E-state index in [1.807, 2.05) is 42.5 Å². The smallest absolute Gasteiger partial charge is 0.102 e. The summed E-state index contributed by atoms with van der Waals surface area (Å²) in [6.07, 6.45) is -0.572. The molecule has 2 rings (SSSR count). The van der Waals surface area contributed by atoms with Crippen molar-refractivity contribution < 1.29 is 9.84 Å². The Hall–Kier alpha value is -1.64. The minimum Gasteiger partial charge on any atom is -0.386 e. The van der Waals surface area contributed by atoms with Crippen LogP contribution in [0.5, 0.6) is 0 Å². The predicted molar refractivity (Wildman–Crippen MR) is 81.6 cm³/mol. The lowest BCUT2D eigenvalue weighted by Gasteiger charge is -2.14. The molecule has 0 aliphatic rings. The molecule has 1 N–H and O–H groups in total. The Morgan fingerprint density at radius 1 is 0.950 bits per heavy atom. The van der Waals surface area contributed by atoms with Crippen molar-refractivity contribution in [2.24, 2.45) is 0 Å². The molecule has 0 aromatic heterocycles. The highest BCUT2D eigenvalue weighted by molar-refractivity contribution is 5.27. The van der Waals surface area contributed by atoms with Crippen molar-refractivity contribution in [1.82, 2.24) is 0 Å². The molecule has 0 radical (unpaired) electrons. The Bertz CT molecular complexity index is 520. The summed E-state index contributed by atoms with van der Waals surface area (Å²) in [7, 11) is 0. The number of ether oxygens (including phenoxy) is 1. The SMILES string of the molecule is CC(C)c1cccc(C(O)COCc2ccccc2)c1. The lowest BCUT2D eigenvalue weighted by atomic mass is 9.99. The average molecular weight is 270 g/mol. The van der Waals surface area contributed by atoms with Crippen LogP contribution in [0.3, 0.4) is 0 Å². The van der Waals surface area contributed by atoms with Gasteiger partial charge in [0.2, 0.25) is 0 Å². The Morgan fingerprint density at radius 2 is 1.65 bits per heavy atom. The third kappa shape index (κ3) is 4.19. The Kier molecular flexibility index (Phi) is 5.33. The van der Waals surface area contributed by atoms with E-state index in [1.165, 1.54) is 5.56 Å². The van der Waals surface area contributed by atoms with Crippen LogP contribution < -0.4 is 0 Å². The average Bonchev–Trinajstić information content (AvgIpc) is 2.48. The van der Waals surface area contributed by atoms with Gasteiger partial charge in [0.05, 0.1) is 13.2 Å². The molecule has 2 heteroatoms. The molecule has 0 saturated carbocycles. The summed E-state index contributed by atoms with van der Waals surface area (Å²) in [5.74, 6) is 0.465. The second-order valence-corrected chi connectivity index (χ2v) is 5.34. The Balaban J connectivity index is 1.88. The van der Waals surface area contributed by atoms with E-state index in [0.29, 0.717) is 19.1 Å². The fourth-order valence-electron chi connectivity index (χ4n) is 2.08. The van der Waals surface area contributed by atoms with Gasteiger partial charge in [0, 0.05) is 0 Å². The van der Waals surface area contributed by atoms with Crippen molar-refractivity contribution in [3.8, 4) is 0 Å². The molecule has 0 saturated heterocycles. The number of aliphatic hydroxyl groups is 1. The lowest BCUT2D eigenvalue weighted by Crippen LogP contribution is -2.07. The number of aliphatic hydroxyl groups excluding tert-OH is 1. The van der Waals surface area contributed by atoms with E-state index in [-0.39, 0.29) is 0 Å². The standard InChI is InChI=1S/C18H22O2/c1-14(2)16-9-6-10-17(11-16)18(19)13-20-12-15-7-4-3-5-8-15/h3-11,14,18-19H,12-13H2,1-2H3. The second-order valence-electron chi connectivity index (χ2n) is 5.34. The molecule has 0 aliphatic carbocycles. The zero-order chi connectivity index (χ0) is 14.4. The molecule has 0 spiro atoms. The van der Waals surface area contributed by atoms with Crippen LogP contribution in [0.15, 0.2) is 54.6 Å². The maximum atomic E-state index is 10.2. The Morgan fingerprint density at radius 3 is 2.35 bits per heavy atom. The van der Waals surface area contributed by atoms with E-state index < -0.39 is 6.10 Å². The monoisotopic (exact) mass is 270 g/mol. The molecule has 0 heterocycles. The normalized spacial score (nSPS) is 12.6. The van der Waals surface area contributed by atoms with Crippen LogP contribution in [0.1, 0.15) is 42.6 Å². The highest BCUT2D eigenvalue weighted by Gasteiger charge is 2.09. The summed E-state index contributed by atoms with van der Waals surface area (Å²) in [6.45, 7) is 5.15. The molecule has 0 amide bonds. The molecule has 106 valence electrons. The first-order valence-electron chi connectivity index (χ1n) is 7.06. The van der Waals surface area contributed by atoms with E-state index >= 15 is 0 Å². The zero-order valence-corrected chi connectivity index (χ0v) is 12.1. The molecular weight excluding hydrogens is 248 g/mol. The van der Waals surface area contributed by atoms with Crippen LogP contribution >= 0.6 is 0 Å². The van der Waals surface area contributed by atoms with Gasteiger partial charge in [0.25, 0.3) is 0 Å². The van der Waals surface area contributed by atoms with Gasteiger partial charge in [-0.25, -0.2) is 0 Å². The molecule has 1 unspecified atom stereocenters. The van der Waals surface area contributed by atoms with Crippen molar-refractivity contribution in [2.75, 3.05) is 6.61 Å². The first kappa shape index (κ1) is 14.8. The highest BCUT2D eigenvalue weighted by atomic mass is 16.5. The van der Waals surface area contributed by atoms with Gasteiger partial charge in [-0.1, -0.05) is 68.4 Å². The molecule has 0 fully saturated rings. The van der Waals surface area contributed by atoms with Crippen molar-refractivity contribution in [3.63, 3.8) is 0 Å². The number of hydrogen-bond donors (Lipinski definition) is 1. The third-order valence-corrected chi connectivity index (χ3v) is 3.35. The van der Waals surface area contributed by atoms with E-state index in [4.69, 9.17) is 4.74 Å². The molecule has 2 aromatic rings. The number of hydrogen-bond acceptors (Lipinski definition) is 2. The van der Waals surface area contributed by atoms with Gasteiger partial charge in [-0.3, -0.25) is 0 Å². The van der Waals surface area contributed by atoms with Crippen LogP contribution in [0.25, 0.3) is 0 Å². The van der Waals surface area contributed by atoms with Crippen molar-refractivity contribution >= 4 is 0 Å². The largest absolute Gasteiger partial charge is 0.386 e. The van der Waals surface area contributed by atoms with Crippen molar-refractivity contribution in [3.05, 3.63) is 71.3 Å². The molecule has 2 aromatic carbocycles. The third-order valence-electron chi connectivity index (χ3n) is 3.35. The summed E-state index contributed by atoms with van der Waals surface area (Å²) in [4.78, 5) is 0. The summed E-state index contributed by atoms with van der Waals surface area (Å²) in [5, 5.41) is 10.2. The van der Waals surface area contributed by atoms with E-state index in [9.17, 15) is 5.11 Å². The minimum absolute atomic E-state index is 0.316. The van der Waals surface area contributed by atoms with Gasteiger partial charge in [-0.15, -0.1) is 0 Å². The maximum absolute atomic E-state index is 10.2. The van der Waals surface area contributed by atoms with Gasteiger partial charge in [0.15, 0.2) is 0 Å². The quantitative estimate of drug-likeness (QED) is 0.857. The lowest BCUT2D eigenvalue weighted by molar-refractivity contribution is 0.0277. The van der Waals surface area contributed by atoms with E-state index in [0.717, 1.165) is 11.1 Å². The van der Waals surface area contributed by atoms with E-state index in [1.54, 1.807) is 0 Å². The summed E-state index contributed by atoms with van der Waals surface area (Å²) in [6, 6.07) is 18.1. The number of benzene rings is 2. The molecule has 0 aliphatic heterocycles. The fraction of sp³-hybridized carbons (Fsp3) is 0.333. The summed E-state index contributed by atoms with van der Waals surface area (Å²) >= 11 is 0. The molecule has 0 bridgehead atoms. The van der Waals surface area contributed by atoms with Crippen molar-refractivity contribution in [1.29, 1.82) is 0 Å². The van der Waals surface area contributed by atoms with Crippen LogP contribution in [0.4, 0.5) is 0 Å². The highest BCUT2D eigenvalue weighted by Crippen LogP contribution is 2.20. The van der Waals surface area contributed by atoms with Gasteiger partial charge in [-0.2, -0.15) is 0 Å². The van der Waals surface area contributed by atoms with Crippen LogP contribution in [0, 0.1) is 0 Å². The van der Waals surface area contributed by atoms with Crippen LogP contribution in [-0.2, 0) is 11.3 Å². The molecular formula is C18H22O2. The molecule has 2 nitrogen and oxygen atoms in total. The van der Waals surface area contributed by atoms with Crippen molar-refractivity contribution in [2.45, 2.75) is 32.5 Å². The van der Waals surface area contributed by atoms with Gasteiger partial charge >= 0.3 is 0 Å². The predicted octanol–water partition coefficient (Wildman–Crippen LogP) is 4.06. The summed E-state index contributed by atoms with van der Waals surface area (Å²) < 4.78 is 5.59. The Labute approximate surface area is 121 Å². The van der Waals surface area contributed by atoms with Gasteiger partial charge in [0.1, 0.15) is 6.10 Å². The zero-order valence-electron chi connectivity index (χ0n) is 12.1. The van der Waals surface area contributed by atoms with Crippen LogP contribution in [-0.4, -0.2) is 11.7 Å². The fourth-order valence-corrected chi connectivity index (χ4v) is 2.08. The topological polar surface area (TPSA) is 29.5 Å². The van der Waals surface area contributed by atoms with Crippen LogP contribution in [0.2, 0.25) is 0 Å². The minimum atomic E-state index is -0.572. The first-order chi connectivity index (χ1) is 9.66. The second kappa shape index (κ2) is 7.22. The summed E-state index contributed by atoms with van der Waals surface area (Å²) in [5.41, 5.74) is 3.28. The molecule has 1 atom stereocenters. The van der Waals surface area contributed by atoms with Gasteiger partial charge < -0.3 is 9.84 Å². The van der Waals surface area contributed by atoms with E-state index in [2.05, 4.69) is 26.0 Å². The van der Waals surface area contributed by atoms with Gasteiger partial charge in [-0.05, 0) is 22.6 Å². The molecule has 20 heavy (non-hydrogen) atoms. The maximum Gasteiger partial charge on any atom is 0.102 e. The number of rotatable bonds is 6. The first-order valence-corrected chi connectivity index (χ1v) is 7.06.